The van der Waals surface area contributed by atoms with Crippen molar-refractivity contribution in [1.82, 2.24) is 0 Å². The number of amides is 1. The third-order valence-corrected chi connectivity index (χ3v) is 0.967. The van der Waals surface area contributed by atoms with Gasteiger partial charge in [-0.2, -0.15) is 5.26 Å². The van der Waals surface area contributed by atoms with Gasteiger partial charge in [-0.15, -0.1) is 0 Å². The van der Waals surface area contributed by atoms with Gasteiger partial charge in [0.05, 0.1) is 6.07 Å². The zero-order valence-corrected chi connectivity index (χ0v) is 5.46. The summed E-state index contributed by atoms with van der Waals surface area (Å²) in [6.07, 6.45) is 0.792. The van der Waals surface area contributed by atoms with E-state index in [-0.39, 0.29) is 6.42 Å². The minimum atomic E-state index is -0.919. The first-order chi connectivity index (χ1) is 4.68. The van der Waals surface area contributed by atoms with Crippen LogP contribution in [0.15, 0.2) is 0 Å². The predicted octanol–water partition coefficient (Wildman–Crippen LogP) is -0.265. The van der Waals surface area contributed by atoms with Crippen molar-refractivity contribution in [2.75, 3.05) is 0 Å². The molecule has 0 saturated carbocycles. The highest BCUT2D eigenvalue weighted by Crippen LogP contribution is 1.93. The van der Waals surface area contributed by atoms with Crippen molar-refractivity contribution in [3.8, 4) is 6.07 Å². The molecule has 0 aromatic carbocycles. The maximum atomic E-state index is 10.4. The Bertz CT molecular complexity index is 181. The largest absolute Gasteiger partial charge is 0.363 e. The first-order valence-corrected chi connectivity index (χ1v) is 2.88. The Morgan fingerprint density at radius 3 is 2.50 bits per heavy atom. The molecule has 0 bridgehead atoms. The Morgan fingerprint density at radius 1 is 1.50 bits per heavy atom. The van der Waals surface area contributed by atoms with Crippen molar-refractivity contribution >= 4 is 11.7 Å². The molecule has 0 aliphatic heterocycles. The molecule has 0 atom stereocenters. The average Bonchev–Trinajstić information content (AvgIpc) is 1.88. The molecule has 0 radical (unpaired) electrons. The lowest BCUT2D eigenvalue weighted by Gasteiger charge is -1.89. The molecule has 0 rings (SSSR count). The number of hydrogen-bond acceptors (Lipinski definition) is 3. The number of nitrogens with two attached hydrogens (primary N) is 1. The summed E-state index contributed by atoms with van der Waals surface area (Å²) in [5.74, 6) is -1.52. The summed E-state index contributed by atoms with van der Waals surface area (Å²) in [5.41, 5.74) is 4.65. The van der Waals surface area contributed by atoms with Crippen LogP contribution in [0.5, 0.6) is 0 Å². The van der Waals surface area contributed by atoms with Gasteiger partial charge in [-0.05, 0) is 6.42 Å². The summed E-state index contributed by atoms with van der Waals surface area (Å²) in [6, 6.07) is 1.86. The van der Waals surface area contributed by atoms with E-state index >= 15 is 0 Å². The minimum Gasteiger partial charge on any atom is -0.363 e. The van der Waals surface area contributed by atoms with Gasteiger partial charge < -0.3 is 5.73 Å². The Balaban J connectivity index is 3.43. The van der Waals surface area contributed by atoms with E-state index in [9.17, 15) is 9.59 Å². The Labute approximate surface area is 58.6 Å². The smallest absolute Gasteiger partial charge is 0.284 e. The lowest BCUT2D eigenvalue weighted by atomic mass is 10.2. The molecule has 0 fully saturated rings. The number of carbonyl (C=O) groups is 2. The van der Waals surface area contributed by atoms with Crippen LogP contribution in [0.1, 0.15) is 19.3 Å². The maximum Gasteiger partial charge on any atom is 0.284 e. The number of unbranched alkanes of at least 4 members (excludes halogenated alkanes) is 1. The minimum absolute atomic E-state index is 0.0862. The van der Waals surface area contributed by atoms with Gasteiger partial charge in [0.25, 0.3) is 5.91 Å². The maximum absolute atomic E-state index is 10.4. The highest BCUT2D eigenvalue weighted by Gasteiger charge is 2.06. The van der Waals surface area contributed by atoms with Crippen LogP contribution in [0, 0.1) is 11.3 Å². The van der Waals surface area contributed by atoms with Gasteiger partial charge in [0, 0.05) is 12.8 Å². The van der Waals surface area contributed by atoms with Gasteiger partial charge in [-0.3, -0.25) is 9.59 Å². The van der Waals surface area contributed by atoms with E-state index in [0.29, 0.717) is 12.8 Å². The molecule has 0 aromatic heterocycles. The molecule has 0 unspecified atom stereocenters. The van der Waals surface area contributed by atoms with Crippen molar-refractivity contribution in [2.24, 2.45) is 5.73 Å². The van der Waals surface area contributed by atoms with Crippen LogP contribution in [0.3, 0.4) is 0 Å². The second-order valence-electron chi connectivity index (χ2n) is 1.80. The number of nitriles is 1. The van der Waals surface area contributed by atoms with Crippen LogP contribution in [-0.4, -0.2) is 11.7 Å². The van der Waals surface area contributed by atoms with Crippen LogP contribution >= 0.6 is 0 Å². The highest BCUT2D eigenvalue weighted by atomic mass is 16.2. The van der Waals surface area contributed by atoms with Crippen molar-refractivity contribution in [3.63, 3.8) is 0 Å². The van der Waals surface area contributed by atoms with Crippen molar-refractivity contribution in [3.05, 3.63) is 0 Å². The van der Waals surface area contributed by atoms with Gasteiger partial charge in [0.1, 0.15) is 0 Å². The lowest BCUT2D eigenvalue weighted by molar-refractivity contribution is -0.136. The molecule has 0 aromatic rings. The summed E-state index contributed by atoms with van der Waals surface area (Å²) in [6.45, 7) is 0. The normalized spacial score (nSPS) is 8.30. The van der Waals surface area contributed by atoms with Gasteiger partial charge in [-0.25, -0.2) is 0 Å². The van der Waals surface area contributed by atoms with Crippen LogP contribution < -0.4 is 5.73 Å². The fourth-order valence-corrected chi connectivity index (χ4v) is 0.451. The monoisotopic (exact) mass is 140 g/mol. The van der Waals surface area contributed by atoms with Crippen molar-refractivity contribution < 1.29 is 9.59 Å². The number of ketones is 1. The summed E-state index contributed by atoms with van der Waals surface area (Å²) in [5, 5.41) is 8.04. The van der Waals surface area contributed by atoms with Gasteiger partial charge >= 0.3 is 0 Å². The third-order valence-electron chi connectivity index (χ3n) is 0.967. The molecule has 4 heteroatoms. The van der Waals surface area contributed by atoms with Crippen LogP contribution in [0.2, 0.25) is 0 Å². The third kappa shape index (κ3) is 3.61. The molecule has 0 saturated heterocycles. The lowest BCUT2D eigenvalue weighted by Crippen LogP contribution is -2.22. The average molecular weight is 140 g/mol. The van der Waals surface area contributed by atoms with E-state index in [1.807, 2.05) is 6.07 Å². The SMILES string of the molecule is N#CCCCC(=O)C(N)=O. The highest BCUT2D eigenvalue weighted by molar-refractivity contribution is 6.35. The standard InChI is InChI=1S/C6H8N2O2/c7-4-2-1-3-5(9)6(8)10/h1-3H2,(H2,8,10). The molecule has 0 aliphatic carbocycles. The Morgan fingerprint density at radius 2 is 2.10 bits per heavy atom. The molecular formula is C6H8N2O2. The summed E-state index contributed by atoms with van der Waals surface area (Å²) < 4.78 is 0. The number of Topliss-reactive ketones (excluding diaryl/α,β-unsaturated/α-hetero) is 1. The van der Waals surface area contributed by atoms with Gasteiger partial charge in [-0.1, -0.05) is 0 Å². The van der Waals surface area contributed by atoms with E-state index in [0.717, 1.165) is 0 Å². The van der Waals surface area contributed by atoms with E-state index in [1.165, 1.54) is 0 Å². The van der Waals surface area contributed by atoms with Crippen LogP contribution in [0.4, 0.5) is 0 Å². The van der Waals surface area contributed by atoms with Crippen molar-refractivity contribution in [1.29, 1.82) is 5.26 Å². The zero-order chi connectivity index (χ0) is 7.98. The number of rotatable bonds is 4. The van der Waals surface area contributed by atoms with E-state index in [1.54, 1.807) is 0 Å². The molecule has 2 N–H and O–H groups in total. The predicted molar refractivity (Wildman–Crippen MR) is 33.7 cm³/mol. The Hall–Kier alpha value is -1.37. The first-order valence-electron chi connectivity index (χ1n) is 2.88. The van der Waals surface area contributed by atoms with Crippen molar-refractivity contribution in [2.45, 2.75) is 19.3 Å². The second-order valence-corrected chi connectivity index (χ2v) is 1.80. The van der Waals surface area contributed by atoms with Gasteiger partial charge in [0.2, 0.25) is 5.78 Å². The first kappa shape index (κ1) is 8.63. The molecule has 1 amide bonds. The fraction of sp³-hybridized carbons (Fsp3) is 0.500. The van der Waals surface area contributed by atoms with E-state index in [4.69, 9.17) is 5.26 Å². The molecule has 0 spiro atoms. The van der Waals surface area contributed by atoms with E-state index in [2.05, 4.69) is 5.73 Å². The fourth-order valence-electron chi connectivity index (χ4n) is 0.451. The summed E-state index contributed by atoms with van der Waals surface area (Å²) in [4.78, 5) is 20.5. The topological polar surface area (TPSA) is 83.9 Å². The summed E-state index contributed by atoms with van der Waals surface area (Å²) >= 11 is 0. The molecule has 0 aliphatic rings. The number of hydrogen-bond donors (Lipinski definition) is 1. The molecule has 4 nitrogen and oxygen atoms in total. The molecular weight excluding hydrogens is 132 g/mol. The Kier molecular flexibility index (Phi) is 3.89. The number of primary amides is 1. The van der Waals surface area contributed by atoms with Crippen LogP contribution in [-0.2, 0) is 9.59 Å². The number of nitrogens with zero attached hydrogens (tertiary/aromatic N) is 1. The number of carbonyl (C=O) groups excluding carboxylic acids is 2. The molecule has 0 heterocycles. The molecule has 10 heavy (non-hydrogen) atoms. The van der Waals surface area contributed by atoms with Gasteiger partial charge in [0.15, 0.2) is 0 Å². The zero-order valence-electron chi connectivity index (χ0n) is 5.46. The quantitative estimate of drug-likeness (QED) is 0.431. The summed E-state index contributed by atoms with van der Waals surface area (Å²) in [7, 11) is 0. The van der Waals surface area contributed by atoms with E-state index < -0.39 is 11.7 Å². The molecule has 54 valence electrons. The second kappa shape index (κ2) is 4.50. The van der Waals surface area contributed by atoms with Crippen LogP contribution in [0.25, 0.3) is 0 Å².